The summed E-state index contributed by atoms with van der Waals surface area (Å²) in [5.74, 6) is 0. The lowest BCUT2D eigenvalue weighted by Crippen LogP contribution is -2.57. The van der Waals surface area contributed by atoms with Crippen LogP contribution in [0.4, 0.5) is 0 Å². The van der Waals surface area contributed by atoms with Gasteiger partial charge in [-0.25, -0.2) is 0 Å². The third kappa shape index (κ3) is 8.15. The Morgan fingerprint density at radius 1 is 1.10 bits per heavy atom. The third-order valence-corrected chi connectivity index (χ3v) is 4.43. The van der Waals surface area contributed by atoms with Crippen molar-refractivity contribution < 1.29 is 9.47 Å². The van der Waals surface area contributed by atoms with Gasteiger partial charge in [-0.2, -0.15) is 0 Å². The van der Waals surface area contributed by atoms with E-state index in [0.29, 0.717) is 12.6 Å². The minimum Gasteiger partial charge on any atom is -0.383 e. The molecule has 0 saturated heterocycles. The van der Waals surface area contributed by atoms with Gasteiger partial charge in [-0.1, -0.05) is 39.0 Å². The molecular weight excluding hydrogens is 264 g/mol. The van der Waals surface area contributed by atoms with Gasteiger partial charge in [-0.15, -0.1) is 0 Å². The normalized spacial score (nSPS) is 16.1. The average molecular weight is 303 g/mol. The summed E-state index contributed by atoms with van der Waals surface area (Å²) in [6.45, 7) is 9.80. The van der Waals surface area contributed by atoms with Crippen LogP contribution in [-0.2, 0) is 9.47 Å². The van der Waals surface area contributed by atoms with Gasteiger partial charge in [-0.05, 0) is 20.3 Å². The molecule has 21 heavy (non-hydrogen) atoms. The summed E-state index contributed by atoms with van der Waals surface area (Å²) < 4.78 is 10.6. The molecule has 2 unspecified atom stereocenters. The first kappa shape index (κ1) is 20.8. The molecule has 0 aromatic heterocycles. The van der Waals surface area contributed by atoms with Crippen LogP contribution in [0.3, 0.4) is 0 Å². The highest BCUT2D eigenvalue weighted by Gasteiger charge is 2.33. The second kappa shape index (κ2) is 12.4. The number of unbranched alkanes of at least 4 members (excludes halogenated alkanes) is 4. The third-order valence-electron chi connectivity index (χ3n) is 4.43. The molecule has 0 amide bonds. The van der Waals surface area contributed by atoms with Crippen molar-refractivity contribution in [1.29, 1.82) is 0 Å². The van der Waals surface area contributed by atoms with Gasteiger partial charge in [0.1, 0.15) is 0 Å². The van der Waals surface area contributed by atoms with Crippen molar-refractivity contribution in [2.24, 2.45) is 5.73 Å². The van der Waals surface area contributed by atoms with Crippen LogP contribution in [0.15, 0.2) is 0 Å². The summed E-state index contributed by atoms with van der Waals surface area (Å²) in [5.41, 5.74) is 6.16. The van der Waals surface area contributed by atoms with E-state index in [2.05, 4.69) is 25.7 Å². The lowest BCUT2D eigenvalue weighted by atomic mass is 9.90. The molecule has 0 bridgehead atoms. The summed E-state index contributed by atoms with van der Waals surface area (Å²) in [7, 11) is 3.51. The van der Waals surface area contributed by atoms with E-state index < -0.39 is 0 Å². The van der Waals surface area contributed by atoms with Gasteiger partial charge in [0.05, 0.1) is 13.2 Å². The number of hydrogen-bond acceptors (Lipinski definition) is 4. The summed E-state index contributed by atoms with van der Waals surface area (Å²) in [5, 5.41) is 0. The molecule has 0 heterocycles. The predicted octanol–water partition coefficient (Wildman–Crippen LogP) is 3.05. The Labute approximate surface area is 132 Å². The Morgan fingerprint density at radius 2 is 1.76 bits per heavy atom. The Hall–Kier alpha value is -0.160. The monoisotopic (exact) mass is 302 g/mol. The summed E-state index contributed by atoms with van der Waals surface area (Å²) >= 11 is 0. The molecule has 0 saturated carbocycles. The van der Waals surface area contributed by atoms with Gasteiger partial charge in [0.15, 0.2) is 0 Å². The highest BCUT2D eigenvalue weighted by Crippen LogP contribution is 2.24. The minimum atomic E-state index is 0.0304. The van der Waals surface area contributed by atoms with Crippen LogP contribution in [0.25, 0.3) is 0 Å². The maximum atomic E-state index is 6.13. The van der Waals surface area contributed by atoms with E-state index in [1.807, 2.05) is 0 Å². The lowest BCUT2D eigenvalue weighted by Gasteiger charge is -2.44. The topological polar surface area (TPSA) is 47.7 Å². The van der Waals surface area contributed by atoms with E-state index in [1.54, 1.807) is 14.2 Å². The highest BCUT2D eigenvalue weighted by atomic mass is 16.5. The zero-order valence-corrected chi connectivity index (χ0v) is 15.0. The zero-order chi connectivity index (χ0) is 16.1. The predicted molar refractivity (Wildman–Crippen MR) is 90.8 cm³/mol. The van der Waals surface area contributed by atoms with Gasteiger partial charge in [-0.3, -0.25) is 4.90 Å². The molecule has 4 heteroatoms. The quantitative estimate of drug-likeness (QED) is 0.501. The molecule has 2 atom stereocenters. The van der Waals surface area contributed by atoms with Gasteiger partial charge < -0.3 is 15.2 Å². The van der Waals surface area contributed by atoms with E-state index in [1.165, 1.54) is 32.1 Å². The maximum Gasteiger partial charge on any atom is 0.0615 e. The Bertz CT molecular complexity index is 239. The number of nitrogens with zero attached hydrogens (tertiary/aromatic N) is 1. The van der Waals surface area contributed by atoms with Gasteiger partial charge in [0.25, 0.3) is 0 Å². The molecule has 0 aromatic rings. The fraction of sp³-hybridized carbons (Fsp3) is 1.00. The molecular formula is C17H38N2O2. The summed E-state index contributed by atoms with van der Waals surface area (Å²) in [6.07, 6.45) is 7.66. The summed E-state index contributed by atoms with van der Waals surface area (Å²) in [4.78, 5) is 2.47. The molecule has 4 nitrogen and oxygen atoms in total. The number of nitrogens with two attached hydrogens (primary N) is 1. The Balaban J connectivity index is 4.58. The van der Waals surface area contributed by atoms with E-state index in [0.717, 1.165) is 26.2 Å². The van der Waals surface area contributed by atoms with E-state index >= 15 is 0 Å². The molecule has 0 rings (SSSR count). The molecule has 2 N–H and O–H groups in total. The number of methoxy groups -OCH3 is 2. The van der Waals surface area contributed by atoms with Crippen LogP contribution in [-0.4, -0.2) is 57.0 Å². The maximum absolute atomic E-state index is 6.13. The molecule has 128 valence electrons. The Kier molecular flexibility index (Phi) is 12.3. The largest absolute Gasteiger partial charge is 0.383 e. The van der Waals surface area contributed by atoms with Gasteiger partial charge >= 0.3 is 0 Å². The van der Waals surface area contributed by atoms with Crippen LogP contribution >= 0.6 is 0 Å². The van der Waals surface area contributed by atoms with Crippen LogP contribution < -0.4 is 5.73 Å². The van der Waals surface area contributed by atoms with Crippen molar-refractivity contribution in [1.82, 2.24) is 4.90 Å². The molecule has 0 radical (unpaired) electrons. The summed E-state index contributed by atoms with van der Waals surface area (Å²) in [6, 6.07) is 0.356. The number of ether oxygens (including phenoxy) is 2. The van der Waals surface area contributed by atoms with Gasteiger partial charge in [0.2, 0.25) is 0 Å². The SMILES string of the molecule is CCCCCCCC(C)(CN)N(CCOC)C(C)COC. The van der Waals surface area contributed by atoms with Crippen molar-refractivity contribution in [3.63, 3.8) is 0 Å². The first-order chi connectivity index (χ1) is 10.1. The fourth-order valence-electron chi connectivity index (χ4n) is 3.02. The average Bonchev–Trinajstić information content (AvgIpc) is 2.47. The second-order valence-corrected chi connectivity index (χ2v) is 6.36. The molecule has 0 aliphatic heterocycles. The first-order valence-electron chi connectivity index (χ1n) is 8.50. The standard InChI is InChI=1S/C17H38N2O2/c1-6-7-8-9-10-11-17(3,15-18)19(12-13-20-4)16(2)14-21-5/h16H,6-15,18H2,1-5H3. The highest BCUT2D eigenvalue weighted by molar-refractivity contribution is 4.90. The Morgan fingerprint density at radius 3 is 2.29 bits per heavy atom. The van der Waals surface area contributed by atoms with Crippen molar-refractivity contribution in [2.75, 3.05) is 40.5 Å². The van der Waals surface area contributed by atoms with Crippen LogP contribution in [0, 0.1) is 0 Å². The lowest BCUT2D eigenvalue weighted by molar-refractivity contribution is 0.00256. The van der Waals surface area contributed by atoms with Crippen LogP contribution in [0.1, 0.15) is 59.3 Å². The molecule has 0 aromatic carbocycles. The minimum absolute atomic E-state index is 0.0304. The van der Waals surface area contributed by atoms with Crippen molar-refractivity contribution in [3.8, 4) is 0 Å². The fourth-order valence-corrected chi connectivity index (χ4v) is 3.02. The smallest absolute Gasteiger partial charge is 0.0615 e. The zero-order valence-electron chi connectivity index (χ0n) is 15.0. The van der Waals surface area contributed by atoms with Crippen LogP contribution in [0.2, 0.25) is 0 Å². The van der Waals surface area contributed by atoms with E-state index in [9.17, 15) is 0 Å². The molecule has 0 fully saturated rings. The van der Waals surface area contributed by atoms with Gasteiger partial charge in [0, 0.05) is 38.9 Å². The second-order valence-electron chi connectivity index (χ2n) is 6.36. The first-order valence-corrected chi connectivity index (χ1v) is 8.50. The molecule has 0 aliphatic rings. The number of rotatable bonds is 14. The van der Waals surface area contributed by atoms with E-state index in [4.69, 9.17) is 15.2 Å². The van der Waals surface area contributed by atoms with Crippen molar-refractivity contribution >= 4 is 0 Å². The number of hydrogen-bond donors (Lipinski definition) is 1. The molecule has 0 spiro atoms. The molecule has 0 aliphatic carbocycles. The van der Waals surface area contributed by atoms with Crippen LogP contribution in [0.5, 0.6) is 0 Å². The van der Waals surface area contributed by atoms with E-state index in [-0.39, 0.29) is 5.54 Å². The van der Waals surface area contributed by atoms with Crippen molar-refractivity contribution in [3.05, 3.63) is 0 Å². The van der Waals surface area contributed by atoms with Crippen molar-refractivity contribution in [2.45, 2.75) is 70.9 Å².